The van der Waals surface area contributed by atoms with Gasteiger partial charge in [0.05, 0.1) is 12.2 Å². The molecular formula is C19H21ClN2O2. The number of aryl methyl sites for hydroxylation is 1. The Labute approximate surface area is 147 Å². The summed E-state index contributed by atoms with van der Waals surface area (Å²) in [5.74, 6) is 0.689. The SMILES string of the molecule is CCC1CN(C(=O)Nc2cccc(C)c2C)c2cc(Cl)ccc2O1. The molecule has 0 fully saturated rings. The zero-order chi connectivity index (χ0) is 17.3. The van der Waals surface area contributed by atoms with Crippen LogP contribution in [0.15, 0.2) is 36.4 Å². The first-order valence-corrected chi connectivity index (χ1v) is 8.48. The maximum Gasteiger partial charge on any atom is 0.326 e. The average molecular weight is 345 g/mol. The van der Waals surface area contributed by atoms with Gasteiger partial charge in [-0.2, -0.15) is 0 Å². The van der Waals surface area contributed by atoms with E-state index in [1.54, 1.807) is 17.0 Å². The van der Waals surface area contributed by atoms with Crippen LogP contribution < -0.4 is 15.0 Å². The van der Waals surface area contributed by atoms with Gasteiger partial charge in [0.15, 0.2) is 0 Å². The van der Waals surface area contributed by atoms with Crippen molar-refractivity contribution in [3.63, 3.8) is 0 Å². The lowest BCUT2D eigenvalue weighted by Gasteiger charge is -2.34. The van der Waals surface area contributed by atoms with E-state index >= 15 is 0 Å². The summed E-state index contributed by atoms with van der Waals surface area (Å²) in [6, 6.07) is 11.1. The van der Waals surface area contributed by atoms with Gasteiger partial charge in [-0.25, -0.2) is 4.79 Å². The fourth-order valence-electron chi connectivity index (χ4n) is 2.79. The second-order valence-electron chi connectivity index (χ2n) is 6.05. The van der Waals surface area contributed by atoms with E-state index in [4.69, 9.17) is 16.3 Å². The number of hydrogen-bond acceptors (Lipinski definition) is 2. The van der Waals surface area contributed by atoms with Crippen LogP contribution in [0.4, 0.5) is 16.2 Å². The van der Waals surface area contributed by atoms with E-state index in [9.17, 15) is 4.79 Å². The number of anilines is 2. The third-order valence-corrected chi connectivity index (χ3v) is 4.67. The van der Waals surface area contributed by atoms with Crippen LogP contribution in [-0.4, -0.2) is 18.7 Å². The molecule has 0 bridgehead atoms. The van der Waals surface area contributed by atoms with E-state index in [0.717, 1.165) is 23.2 Å². The number of nitrogens with zero attached hydrogens (tertiary/aromatic N) is 1. The Morgan fingerprint density at radius 2 is 2.12 bits per heavy atom. The number of benzene rings is 2. The van der Waals surface area contributed by atoms with Crippen LogP contribution in [0.5, 0.6) is 5.75 Å². The summed E-state index contributed by atoms with van der Waals surface area (Å²) in [5, 5.41) is 3.59. The minimum Gasteiger partial charge on any atom is -0.486 e. The topological polar surface area (TPSA) is 41.6 Å². The quantitative estimate of drug-likeness (QED) is 0.816. The molecule has 126 valence electrons. The molecule has 0 radical (unpaired) electrons. The second-order valence-corrected chi connectivity index (χ2v) is 6.48. The lowest BCUT2D eigenvalue weighted by atomic mass is 10.1. The van der Waals surface area contributed by atoms with E-state index in [2.05, 4.69) is 5.32 Å². The van der Waals surface area contributed by atoms with Crippen molar-refractivity contribution in [1.82, 2.24) is 0 Å². The van der Waals surface area contributed by atoms with Gasteiger partial charge < -0.3 is 10.1 Å². The lowest BCUT2D eigenvalue weighted by molar-refractivity contribution is 0.188. The van der Waals surface area contributed by atoms with Crippen molar-refractivity contribution < 1.29 is 9.53 Å². The number of carbonyl (C=O) groups is 1. The average Bonchev–Trinajstić information content (AvgIpc) is 2.58. The molecule has 4 nitrogen and oxygen atoms in total. The molecule has 0 aromatic heterocycles. The van der Waals surface area contributed by atoms with Crippen molar-refractivity contribution in [2.24, 2.45) is 0 Å². The van der Waals surface area contributed by atoms with Crippen LogP contribution in [0.25, 0.3) is 0 Å². The number of amides is 2. The first-order chi connectivity index (χ1) is 11.5. The molecule has 1 heterocycles. The number of nitrogens with one attached hydrogen (secondary N) is 1. The minimum atomic E-state index is -0.172. The van der Waals surface area contributed by atoms with Crippen molar-refractivity contribution in [1.29, 1.82) is 0 Å². The number of rotatable bonds is 2. The molecule has 0 saturated heterocycles. The second kappa shape index (κ2) is 6.73. The van der Waals surface area contributed by atoms with Crippen LogP contribution in [-0.2, 0) is 0 Å². The third kappa shape index (κ3) is 3.20. The van der Waals surface area contributed by atoms with Gasteiger partial charge in [0.1, 0.15) is 11.9 Å². The standard InChI is InChI=1S/C19H21ClN2O2/c1-4-15-11-22(17-10-14(20)8-9-18(17)24-15)19(23)21-16-7-5-6-12(2)13(16)3/h5-10,15H,4,11H2,1-3H3,(H,21,23). The number of carbonyl (C=O) groups excluding carboxylic acids is 1. The Bertz CT molecular complexity index is 776. The van der Waals surface area contributed by atoms with Crippen LogP contribution in [0, 0.1) is 13.8 Å². The molecule has 5 heteroatoms. The fraction of sp³-hybridized carbons (Fsp3) is 0.316. The van der Waals surface area contributed by atoms with Gasteiger partial charge in [0.25, 0.3) is 0 Å². The smallest absolute Gasteiger partial charge is 0.326 e. The molecule has 2 aromatic rings. The van der Waals surface area contributed by atoms with E-state index in [0.29, 0.717) is 23.0 Å². The maximum absolute atomic E-state index is 12.9. The molecule has 1 unspecified atom stereocenters. The van der Waals surface area contributed by atoms with Gasteiger partial charge in [0, 0.05) is 10.7 Å². The van der Waals surface area contributed by atoms with Crippen molar-refractivity contribution in [3.8, 4) is 5.75 Å². The van der Waals surface area contributed by atoms with Gasteiger partial charge in [0.2, 0.25) is 0 Å². The zero-order valence-electron chi connectivity index (χ0n) is 14.1. The summed E-state index contributed by atoms with van der Waals surface area (Å²) in [4.78, 5) is 14.6. The van der Waals surface area contributed by atoms with E-state index < -0.39 is 0 Å². The summed E-state index contributed by atoms with van der Waals surface area (Å²) >= 11 is 6.11. The number of hydrogen-bond donors (Lipinski definition) is 1. The molecule has 0 saturated carbocycles. The van der Waals surface area contributed by atoms with Crippen molar-refractivity contribution in [2.75, 3.05) is 16.8 Å². The Morgan fingerprint density at radius 1 is 1.33 bits per heavy atom. The van der Waals surface area contributed by atoms with Crippen LogP contribution in [0.1, 0.15) is 24.5 Å². The lowest BCUT2D eigenvalue weighted by Crippen LogP contribution is -2.45. The van der Waals surface area contributed by atoms with Gasteiger partial charge in [-0.3, -0.25) is 4.90 Å². The van der Waals surface area contributed by atoms with Gasteiger partial charge >= 0.3 is 6.03 Å². The molecule has 0 aliphatic carbocycles. The first-order valence-electron chi connectivity index (χ1n) is 8.10. The Hall–Kier alpha value is -2.20. The Kier molecular flexibility index (Phi) is 4.67. The highest BCUT2D eigenvalue weighted by Crippen LogP contribution is 2.36. The largest absolute Gasteiger partial charge is 0.486 e. The van der Waals surface area contributed by atoms with E-state index in [-0.39, 0.29) is 12.1 Å². The molecule has 24 heavy (non-hydrogen) atoms. The number of ether oxygens (including phenoxy) is 1. The van der Waals surface area contributed by atoms with Crippen molar-refractivity contribution in [3.05, 3.63) is 52.5 Å². The summed E-state index contributed by atoms with van der Waals surface area (Å²) in [6.45, 7) is 6.58. The monoisotopic (exact) mass is 344 g/mol. The summed E-state index contributed by atoms with van der Waals surface area (Å²) in [6.07, 6.45) is 0.804. The van der Waals surface area contributed by atoms with E-state index in [1.165, 1.54) is 0 Å². The summed E-state index contributed by atoms with van der Waals surface area (Å²) in [5.41, 5.74) is 3.74. The molecule has 2 amide bonds. The molecule has 0 spiro atoms. The third-order valence-electron chi connectivity index (χ3n) is 4.44. The molecular weight excluding hydrogens is 324 g/mol. The molecule has 2 aromatic carbocycles. The maximum atomic E-state index is 12.9. The Morgan fingerprint density at radius 3 is 2.88 bits per heavy atom. The van der Waals surface area contributed by atoms with Crippen LogP contribution >= 0.6 is 11.6 Å². The molecule has 3 rings (SSSR count). The highest BCUT2D eigenvalue weighted by Gasteiger charge is 2.29. The van der Waals surface area contributed by atoms with Crippen LogP contribution in [0.2, 0.25) is 5.02 Å². The minimum absolute atomic E-state index is 0.0250. The molecule has 1 aliphatic heterocycles. The number of halogens is 1. The van der Waals surface area contributed by atoms with Crippen molar-refractivity contribution in [2.45, 2.75) is 33.3 Å². The predicted octanol–water partition coefficient (Wildman–Crippen LogP) is 5.17. The normalized spacial score (nSPS) is 16.3. The van der Waals surface area contributed by atoms with Crippen molar-refractivity contribution >= 4 is 29.0 Å². The van der Waals surface area contributed by atoms with Gasteiger partial charge in [-0.15, -0.1) is 0 Å². The fourth-order valence-corrected chi connectivity index (χ4v) is 2.96. The number of urea groups is 1. The first kappa shape index (κ1) is 16.7. The molecule has 1 aliphatic rings. The van der Waals surface area contributed by atoms with Gasteiger partial charge in [-0.1, -0.05) is 30.7 Å². The highest BCUT2D eigenvalue weighted by molar-refractivity contribution is 6.31. The Balaban J connectivity index is 1.91. The molecule has 1 atom stereocenters. The predicted molar refractivity (Wildman–Crippen MR) is 98.4 cm³/mol. The highest BCUT2D eigenvalue weighted by atomic mass is 35.5. The summed E-state index contributed by atoms with van der Waals surface area (Å²) < 4.78 is 5.93. The zero-order valence-corrected chi connectivity index (χ0v) is 14.9. The van der Waals surface area contributed by atoms with Crippen LogP contribution in [0.3, 0.4) is 0 Å². The van der Waals surface area contributed by atoms with E-state index in [1.807, 2.05) is 45.0 Å². The summed E-state index contributed by atoms with van der Waals surface area (Å²) in [7, 11) is 0. The number of fused-ring (bicyclic) bond motifs is 1. The molecule has 1 N–H and O–H groups in total. The van der Waals surface area contributed by atoms with Gasteiger partial charge in [-0.05, 0) is 55.7 Å².